The van der Waals surface area contributed by atoms with Crippen LogP contribution in [-0.2, 0) is 85.4 Å². The highest BCUT2D eigenvalue weighted by Crippen LogP contribution is 2.38. The number of carbonyl (C=O) groups excluding carboxylic acids is 3. The maximum absolute atomic E-state index is 13.0. The van der Waals surface area contributed by atoms with Gasteiger partial charge in [-0.15, -0.1) is 0 Å². The number of carbonyl (C=O) groups is 3. The topological polar surface area (TPSA) is 671 Å². The molecule has 43 heteroatoms. The normalized spacial score (nSPS) is 49.9. The fraction of sp³-hybridized carbons (Fsp3) is 0.944. The smallest absolute Gasteiger partial charge is 0.217 e. The Kier molecular flexibility index (Phi) is 28.3. The van der Waals surface area contributed by atoms with Crippen molar-refractivity contribution in [1.29, 1.82) is 0 Å². The van der Waals surface area contributed by atoms with Gasteiger partial charge in [-0.1, -0.05) is 0 Å². The van der Waals surface area contributed by atoms with Crippen LogP contribution < -0.4 is 16.0 Å². The van der Waals surface area contributed by atoms with Gasteiger partial charge in [0.25, 0.3) is 0 Å². The highest BCUT2D eigenvalue weighted by molar-refractivity contribution is 5.74. The maximum Gasteiger partial charge on any atom is 0.217 e. The first-order valence-electron chi connectivity index (χ1n) is 31.0. The Morgan fingerprint density at radius 1 is 0.289 bits per heavy atom. The van der Waals surface area contributed by atoms with Gasteiger partial charge in [0.05, 0.1) is 52.4 Å². The molecule has 43 nitrogen and oxygen atoms in total. The largest absolute Gasteiger partial charge is 0.394 e. The lowest BCUT2D eigenvalue weighted by atomic mass is 9.93. The van der Waals surface area contributed by atoms with Crippen molar-refractivity contribution < 1.29 is 198 Å². The molecule has 0 bridgehead atoms. The van der Waals surface area contributed by atoms with E-state index in [-0.39, 0.29) is 0 Å². The second-order valence-corrected chi connectivity index (χ2v) is 24.6. The number of hydrogen-bond donors (Lipinski definition) is 25. The summed E-state index contributed by atoms with van der Waals surface area (Å²) in [5.41, 5.74) is 0. The number of aliphatic hydroxyl groups excluding tert-OH is 22. The Balaban J connectivity index is 1.04. The lowest BCUT2D eigenvalue weighted by Gasteiger charge is -2.50. The fourth-order valence-electron chi connectivity index (χ4n) is 12.4. The minimum Gasteiger partial charge on any atom is -0.394 e. The summed E-state index contributed by atoms with van der Waals surface area (Å²) >= 11 is 0. The second kappa shape index (κ2) is 34.5. The predicted molar refractivity (Wildman–Crippen MR) is 298 cm³/mol. The third-order valence-electron chi connectivity index (χ3n) is 17.8. The Labute approximate surface area is 549 Å². The Hall–Kier alpha value is -3.07. The van der Waals surface area contributed by atoms with Crippen LogP contribution in [0.1, 0.15) is 27.7 Å². The summed E-state index contributed by atoms with van der Waals surface area (Å²) < 4.78 is 87.4. The van der Waals surface area contributed by atoms with Crippen LogP contribution in [0.3, 0.4) is 0 Å². The van der Waals surface area contributed by atoms with E-state index in [4.69, 9.17) is 71.1 Å². The van der Waals surface area contributed by atoms with Crippen LogP contribution in [0.5, 0.6) is 0 Å². The van der Waals surface area contributed by atoms with Gasteiger partial charge in [-0.25, -0.2) is 0 Å². The number of aliphatic hydroxyl groups is 22. The molecule has 25 N–H and O–H groups in total. The van der Waals surface area contributed by atoms with E-state index in [1.807, 2.05) is 0 Å². The molecule has 0 aromatic rings. The average molecular weight is 1420 g/mol. The van der Waals surface area contributed by atoms with E-state index in [2.05, 4.69) is 16.0 Å². The Morgan fingerprint density at radius 3 is 1.14 bits per heavy atom. The van der Waals surface area contributed by atoms with Crippen molar-refractivity contribution in [2.75, 3.05) is 46.2 Å². The third kappa shape index (κ3) is 17.6. The highest BCUT2D eigenvalue weighted by Gasteiger charge is 2.59. The summed E-state index contributed by atoms with van der Waals surface area (Å²) in [7, 11) is 0. The summed E-state index contributed by atoms with van der Waals surface area (Å²) in [6, 6.07) is -5.32. The molecule has 40 atom stereocenters. The predicted octanol–water partition coefficient (Wildman–Crippen LogP) is -17.0. The highest BCUT2D eigenvalue weighted by atomic mass is 16.8. The van der Waals surface area contributed by atoms with Crippen LogP contribution in [0.25, 0.3) is 0 Å². The van der Waals surface area contributed by atoms with Crippen LogP contribution in [-0.4, -0.2) is 422 Å². The zero-order valence-electron chi connectivity index (χ0n) is 52.2. The Morgan fingerprint density at radius 2 is 0.629 bits per heavy atom. The van der Waals surface area contributed by atoms with Crippen LogP contribution in [0.2, 0.25) is 0 Å². The van der Waals surface area contributed by atoms with Crippen LogP contribution in [0.4, 0.5) is 0 Å². The van der Waals surface area contributed by atoms with Gasteiger partial charge in [-0.2, -0.15) is 0 Å². The average Bonchev–Trinajstić information content (AvgIpc) is 0.784. The molecule has 8 aliphatic rings. The summed E-state index contributed by atoms with van der Waals surface area (Å²) in [4.78, 5) is 37.7. The molecule has 8 rings (SSSR count). The second-order valence-electron chi connectivity index (χ2n) is 24.6. The Bertz CT molecular complexity index is 2490. The van der Waals surface area contributed by atoms with Gasteiger partial charge in [0.15, 0.2) is 50.3 Å². The molecule has 8 heterocycles. The molecule has 0 saturated carbocycles. The standard InChI is InChI=1S/C54H91N3O40/c1-12-42(93-51-38(78)34(74)27(67)17(6-59)88-51)37(77)40(80)50(85-12)83-11-22-44(32(72)23(47(82)86-22)55-13(2)63)94-49-25(57-15(4)65)33(73)43(20(9-62)91-49)95-53-41(81)45(96-52-39(79)35(75)28(68)18(7-60)89-52)30(70)21(92-53)10-84-54-46(36(76)29(69)19(8-61)90-54)97-48-24(56-14(3)64)31(71)26(66)16(5-58)87-48/h12,16-54,58-62,66-82H,5-11H2,1-4H3,(H,55,63)(H,56,64)(H,57,65)/t12-,16+,17+,18+,19+,20+,21+,22+,23+,24+,25+,26+,27-,28+,29+,30+,31+,32+,33+,34-,35-,36-,37-,38+,39-,40-,41-,42+,43+,44+,45-,46-,47+,48-,49-,50+,51-,52+,53-,54-/m0/s1. The van der Waals surface area contributed by atoms with Crippen LogP contribution in [0.15, 0.2) is 0 Å². The van der Waals surface area contributed by atoms with Crippen molar-refractivity contribution in [3.8, 4) is 0 Å². The first-order valence-corrected chi connectivity index (χ1v) is 31.0. The number of ether oxygens (including phenoxy) is 15. The summed E-state index contributed by atoms with van der Waals surface area (Å²) in [5.74, 6) is -2.56. The van der Waals surface area contributed by atoms with Crippen molar-refractivity contribution in [2.45, 2.75) is 273 Å². The molecular weight excluding hydrogens is 1330 g/mol. The summed E-state index contributed by atoms with van der Waals surface area (Å²) in [6.07, 6.45) is -71.8. The van der Waals surface area contributed by atoms with Gasteiger partial charge in [0, 0.05) is 20.8 Å². The lowest BCUT2D eigenvalue weighted by molar-refractivity contribution is -0.387. The van der Waals surface area contributed by atoms with E-state index >= 15 is 0 Å². The van der Waals surface area contributed by atoms with Gasteiger partial charge < -0.3 is 199 Å². The SMILES string of the molecule is CC(=O)N[C@@H]1[C@@H](O)[C@H](O[C@@H]2O[C@H](CO)[C@@H](O[C@@H]3O[C@H](CO[C@H]4O[C@H](CO)[C@@H](O)[C@H](O)[C@@H]4O[C@@H]4O[C@H](CO)[C@@H](O)[C@H](O)[C@H]4NC(C)=O)[C@@H](O)[C@H](O[C@H]4O[C@H](CO)[C@@H](O)[C@H](O)[C@@H]4O)[C@@H]3O)[C@H](O)[C@H]2NC(C)=O)[C@@H](CO[C@@H]2O[C@@H](C)[C@@H](O[C@@H]3O[C@H](CO)[C@H](O)[C@H](O)[C@H]3O)[C@@H](O)[C@@H]2O)O[C@H]1O. The molecule has 562 valence electrons. The quantitative estimate of drug-likeness (QED) is 0.0427. The summed E-state index contributed by atoms with van der Waals surface area (Å²) in [6.45, 7) is -2.56. The zero-order valence-corrected chi connectivity index (χ0v) is 52.2. The lowest BCUT2D eigenvalue weighted by Crippen LogP contribution is -2.70. The number of rotatable bonds is 24. The molecular formula is C54H91N3O40. The van der Waals surface area contributed by atoms with E-state index in [0.29, 0.717) is 0 Å². The van der Waals surface area contributed by atoms with Crippen molar-refractivity contribution in [2.24, 2.45) is 0 Å². The molecule has 0 spiro atoms. The fourth-order valence-corrected chi connectivity index (χ4v) is 12.4. The molecule has 8 fully saturated rings. The number of nitrogens with one attached hydrogen (secondary N) is 3. The molecule has 8 aliphatic heterocycles. The van der Waals surface area contributed by atoms with E-state index < -0.39 is 309 Å². The molecule has 0 unspecified atom stereocenters. The molecule has 0 aromatic carbocycles. The monoisotopic (exact) mass is 1420 g/mol. The minimum absolute atomic E-state index is 0.799. The molecule has 8 saturated heterocycles. The summed E-state index contributed by atoms with van der Waals surface area (Å²) in [5, 5.41) is 247. The van der Waals surface area contributed by atoms with E-state index in [9.17, 15) is 127 Å². The first kappa shape index (κ1) is 79.6. The molecule has 0 aliphatic carbocycles. The molecule has 0 aromatic heterocycles. The van der Waals surface area contributed by atoms with Crippen molar-refractivity contribution in [3.63, 3.8) is 0 Å². The molecule has 0 radical (unpaired) electrons. The van der Waals surface area contributed by atoms with Gasteiger partial charge in [0.1, 0.15) is 189 Å². The van der Waals surface area contributed by atoms with Gasteiger partial charge in [0.2, 0.25) is 17.7 Å². The molecule has 3 amide bonds. The van der Waals surface area contributed by atoms with E-state index in [1.165, 1.54) is 6.92 Å². The van der Waals surface area contributed by atoms with Crippen molar-refractivity contribution in [1.82, 2.24) is 16.0 Å². The van der Waals surface area contributed by atoms with Crippen LogP contribution in [0, 0.1) is 0 Å². The minimum atomic E-state index is -2.38. The first-order chi connectivity index (χ1) is 45.8. The number of hydrogen-bond acceptors (Lipinski definition) is 40. The maximum atomic E-state index is 13.0. The van der Waals surface area contributed by atoms with Gasteiger partial charge in [-0.3, -0.25) is 14.4 Å². The molecule has 97 heavy (non-hydrogen) atoms. The number of amides is 3. The van der Waals surface area contributed by atoms with Gasteiger partial charge in [-0.05, 0) is 6.92 Å². The van der Waals surface area contributed by atoms with Gasteiger partial charge >= 0.3 is 0 Å². The van der Waals surface area contributed by atoms with Crippen molar-refractivity contribution >= 4 is 17.7 Å². The zero-order chi connectivity index (χ0) is 71.5. The van der Waals surface area contributed by atoms with E-state index in [1.54, 1.807) is 0 Å². The van der Waals surface area contributed by atoms with E-state index in [0.717, 1.165) is 20.8 Å². The van der Waals surface area contributed by atoms with Crippen molar-refractivity contribution in [3.05, 3.63) is 0 Å². The third-order valence-corrected chi connectivity index (χ3v) is 17.8. The van der Waals surface area contributed by atoms with Crippen LogP contribution >= 0.6 is 0 Å².